The van der Waals surface area contributed by atoms with Crippen LogP contribution in [-0.4, -0.2) is 19.7 Å². The van der Waals surface area contributed by atoms with Gasteiger partial charge in [-0.3, -0.25) is 0 Å². The molecule has 5 heteroatoms. The summed E-state index contributed by atoms with van der Waals surface area (Å²) >= 11 is 0. The largest absolute Gasteiger partial charge is 0.384 e. The molecule has 15 heavy (non-hydrogen) atoms. The van der Waals surface area contributed by atoms with Gasteiger partial charge in [-0.1, -0.05) is 6.07 Å². The molecular formula is C10H13N5. The monoisotopic (exact) mass is 203 g/mol. The van der Waals surface area contributed by atoms with Crippen molar-refractivity contribution in [3.05, 3.63) is 24.5 Å². The van der Waals surface area contributed by atoms with E-state index in [-0.39, 0.29) is 6.04 Å². The second-order valence-electron chi connectivity index (χ2n) is 3.57. The molecule has 0 saturated heterocycles. The minimum absolute atomic E-state index is 0.255. The minimum atomic E-state index is 0.255. The van der Waals surface area contributed by atoms with Gasteiger partial charge in [0.05, 0.1) is 0 Å². The topological polar surface area (TPSA) is 69.6 Å². The number of rotatable bonds is 2. The Labute approximate surface area is 88.0 Å². The fourth-order valence-electron chi connectivity index (χ4n) is 1.39. The van der Waals surface area contributed by atoms with Gasteiger partial charge in [0.15, 0.2) is 5.82 Å². The van der Waals surface area contributed by atoms with Crippen LogP contribution in [0.4, 0.5) is 5.82 Å². The van der Waals surface area contributed by atoms with Crippen LogP contribution in [0.2, 0.25) is 0 Å². The first-order chi connectivity index (χ1) is 7.18. The number of nitrogen functional groups attached to an aromatic ring is 1. The zero-order chi connectivity index (χ0) is 10.8. The molecule has 0 aliphatic heterocycles. The molecule has 0 spiro atoms. The summed E-state index contributed by atoms with van der Waals surface area (Å²) in [5, 5.41) is 4.15. The highest BCUT2D eigenvalue weighted by molar-refractivity contribution is 5.52. The first-order valence-electron chi connectivity index (χ1n) is 4.81. The van der Waals surface area contributed by atoms with E-state index in [9.17, 15) is 0 Å². The van der Waals surface area contributed by atoms with E-state index in [1.54, 1.807) is 6.07 Å². The van der Waals surface area contributed by atoms with Gasteiger partial charge in [0.1, 0.15) is 17.8 Å². The number of aromatic nitrogens is 4. The van der Waals surface area contributed by atoms with Crippen LogP contribution in [0.3, 0.4) is 0 Å². The van der Waals surface area contributed by atoms with E-state index < -0.39 is 0 Å². The Morgan fingerprint density at radius 2 is 2.13 bits per heavy atom. The SMILES string of the molecule is CC(C)n1ncnc1-c1cccc(N)n1. The van der Waals surface area contributed by atoms with Crippen LogP contribution < -0.4 is 5.73 Å². The average molecular weight is 203 g/mol. The molecule has 2 aromatic rings. The molecule has 0 amide bonds. The van der Waals surface area contributed by atoms with Crippen molar-refractivity contribution in [3.8, 4) is 11.5 Å². The Balaban J connectivity index is 2.49. The van der Waals surface area contributed by atoms with Crippen molar-refractivity contribution < 1.29 is 0 Å². The molecule has 0 saturated carbocycles. The van der Waals surface area contributed by atoms with E-state index >= 15 is 0 Å². The van der Waals surface area contributed by atoms with Crippen LogP contribution in [0.5, 0.6) is 0 Å². The lowest BCUT2D eigenvalue weighted by molar-refractivity contribution is 0.536. The predicted molar refractivity (Wildman–Crippen MR) is 58.1 cm³/mol. The molecule has 0 bridgehead atoms. The molecule has 2 N–H and O–H groups in total. The van der Waals surface area contributed by atoms with Gasteiger partial charge in [0.2, 0.25) is 0 Å². The summed E-state index contributed by atoms with van der Waals surface area (Å²) in [6.45, 7) is 4.09. The van der Waals surface area contributed by atoms with Gasteiger partial charge in [-0.25, -0.2) is 14.6 Å². The van der Waals surface area contributed by atoms with Crippen molar-refractivity contribution >= 4 is 5.82 Å². The minimum Gasteiger partial charge on any atom is -0.384 e. The van der Waals surface area contributed by atoms with Gasteiger partial charge < -0.3 is 5.73 Å². The van der Waals surface area contributed by atoms with Crippen molar-refractivity contribution in [1.82, 2.24) is 19.7 Å². The number of hydrogen-bond donors (Lipinski definition) is 1. The molecule has 0 aliphatic carbocycles. The maximum atomic E-state index is 5.62. The molecule has 0 aliphatic rings. The van der Waals surface area contributed by atoms with Crippen molar-refractivity contribution in [2.24, 2.45) is 0 Å². The highest BCUT2D eigenvalue weighted by Gasteiger charge is 2.10. The molecular weight excluding hydrogens is 190 g/mol. The van der Waals surface area contributed by atoms with Crippen molar-refractivity contribution in [3.63, 3.8) is 0 Å². The van der Waals surface area contributed by atoms with Crippen molar-refractivity contribution in [1.29, 1.82) is 0 Å². The zero-order valence-electron chi connectivity index (χ0n) is 8.75. The average Bonchev–Trinajstić information content (AvgIpc) is 2.65. The Morgan fingerprint density at radius 3 is 2.80 bits per heavy atom. The molecule has 2 aromatic heterocycles. The molecule has 0 aromatic carbocycles. The second kappa shape index (κ2) is 3.68. The van der Waals surface area contributed by atoms with E-state index in [4.69, 9.17) is 5.73 Å². The van der Waals surface area contributed by atoms with Crippen LogP contribution in [0.1, 0.15) is 19.9 Å². The fourth-order valence-corrected chi connectivity index (χ4v) is 1.39. The Kier molecular flexibility index (Phi) is 2.37. The molecule has 0 unspecified atom stereocenters. The van der Waals surface area contributed by atoms with Gasteiger partial charge in [-0.15, -0.1) is 0 Å². The van der Waals surface area contributed by atoms with Crippen LogP contribution in [-0.2, 0) is 0 Å². The van der Waals surface area contributed by atoms with Crippen molar-refractivity contribution in [2.45, 2.75) is 19.9 Å². The maximum absolute atomic E-state index is 5.62. The molecule has 2 heterocycles. The van der Waals surface area contributed by atoms with E-state index in [0.29, 0.717) is 5.82 Å². The third-order valence-corrected chi connectivity index (χ3v) is 2.06. The summed E-state index contributed by atoms with van der Waals surface area (Å²) in [7, 11) is 0. The summed E-state index contributed by atoms with van der Waals surface area (Å²) in [6, 6.07) is 5.74. The quantitative estimate of drug-likeness (QED) is 0.803. The lowest BCUT2D eigenvalue weighted by Gasteiger charge is -2.08. The maximum Gasteiger partial charge on any atom is 0.177 e. The number of nitrogens with zero attached hydrogens (tertiary/aromatic N) is 4. The van der Waals surface area contributed by atoms with Crippen LogP contribution >= 0.6 is 0 Å². The Morgan fingerprint density at radius 1 is 1.33 bits per heavy atom. The van der Waals surface area contributed by atoms with E-state index in [1.165, 1.54) is 6.33 Å². The summed E-state index contributed by atoms with van der Waals surface area (Å²) in [5.41, 5.74) is 6.37. The predicted octanol–water partition coefficient (Wildman–Crippen LogP) is 1.50. The van der Waals surface area contributed by atoms with Crippen LogP contribution in [0.25, 0.3) is 11.5 Å². The van der Waals surface area contributed by atoms with E-state index in [1.807, 2.05) is 30.7 Å². The third kappa shape index (κ3) is 1.81. The van der Waals surface area contributed by atoms with Crippen LogP contribution in [0, 0.1) is 0 Å². The summed E-state index contributed by atoms with van der Waals surface area (Å²) in [6.07, 6.45) is 1.53. The number of nitrogens with two attached hydrogens (primary N) is 1. The fraction of sp³-hybridized carbons (Fsp3) is 0.300. The first kappa shape index (κ1) is 9.64. The zero-order valence-corrected chi connectivity index (χ0v) is 8.75. The standard InChI is InChI=1S/C10H13N5/c1-7(2)15-10(12-6-13-15)8-4-3-5-9(11)14-8/h3-7H,1-2H3,(H2,11,14). The molecule has 0 atom stereocenters. The molecule has 78 valence electrons. The normalized spacial score (nSPS) is 10.9. The van der Waals surface area contributed by atoms with Gasteiger partial charge in [0.25, 0.3) is 0 Å². The van der Waals surface area contributed by atoms with Gasteiger partial charge in [-0.2, -0.15) is 5.10 Å². The first-order valence-corrected chi connectivity index (χ1v) is 4.81. The smallest absolute Gasteiger partial charge is 0.177 e. The number of hydrogen-bond acceptors (Lipinski definition) is 4. The third-order valence-electron chi connectivity index (χ3n) is 2.06. The van der Waals surface area contributed by atoms with Gasteiger partial charge in [0, 0.05) is 6.04 Å². The molecule has 0 fully saturated rings. The second-order valence-corrected chi connectivity index (χ2v) is 3.57. The molecule has 5 nitrogen and oxygen atoms in total. The van der Waals surface area contributed by atoms with Crippen molar-refractivity contribution in [2.75, 3.05) is 5.73 Å². The summed E-state index contributed by atoms with van der Waals surface area (Å²) in [4.78, 5) is 8.40. The molecule has 0 radical (unpaired) electrons. The lowest BCUT2D eigenvalue weighted by Crippen LogP contribution is -2.06. The Bertz CT molecular complexity index is 460. The number of pyridine rings is 1. The lowest BCUT2D eigenvalue weighted by atomic mass is 10.3. The molecule has 2 rings (SSSR count). The Hall–Kier alpha value is -1.91. The summed E-state index contributed by atoms with van der Waals surface area (Å²) < 4.78 is 1.82. The number of anilines is 1. The van der Waals surface area contributed by atoms with E-state index in [2.05, 4.69) is 15.1 Å². The van der Waals surface area contributed by atoms with Crippen LogP contribution in [0.15, 0.2) is 24.5 Å². The van der Waals surface area contributed by atoms with Gasteiger partial charge in [-0.05, 0) is 26.0 Å². The van der Waals surface area contributed by atoms with E-state index in [0.717, 1.165) is 11.5 Å². The van der Waals surface area contributed by atoms with Gasteiger partial charge >= 0.3 is 0 Å². The highest BCUT2D eigenvalue weighted by Crippen LogP contribution is 2.17. The highest BCUT2D eigenvalue weighted by atomic mass is 15.3. The summed E-state index contributed by atoms with van der Waals surface area (Å²) in [5.74, 6) is 1.24.